The summed E-state index contributed by atoms with van der Waals surface area (Å²) < 4.78 is 5.83. The Labute approximate surface area is 175 Å². The standard InChI is InChI=1S/C20H32N4O.HI/c1-4-24(5-2)14-15-25-19-12-10-17(11-13-19)16-22-20(21-3)23-18-8-6-7-9-18;/h6-7,10-13,18H,4-5,8-9,14-16H2,1-3H3,(H2,21,22,23);1H. The van der Waals surface area contributed by atoms with Gasteiger partial charge < -0.3 is 20.3 Å². The lowest BCUT2D eigenvalue weighted by Gasteiger charge is -2.18. The van der Waals surface area contributed by atoms with E-state index in [1.807, 2.05) is 19.2 Å². The summed E-state index contributed by atoms with van der Waals surface area (Å²) in [7, 11) is 1.81. The van der Waals surface area contributed by atoms with E-state index in [0.717, 1.165) is 57.3 Å². The van der Waals surface area contributed by atoms with Crippen molar-refractivity contribution in [2.45, 2.75) is 39.3 Å². The predicted octanol–water partition coefficient (Wildman–Crippen LogP) is 3.41. The zero-order valence-corrected chi connectivity index (χ0v) is 18.5. The van der Waals surface area contributed by atoms with Crippen LogP contribution in [0.25, 0.3) is 0 Å². The van der Waals surface area contributed by atoms with Gasteiger partial charge in [0.2, 0.25) is 0 Å². The monoisotopic (exact) mass is 472 g/mol. The smallest absolute Gasteiger partial charge is 0.191 e. The van der Waals surface area contributed by atoms with Gasteiger partial charge in [-0.05, 0) is 43.6 Å². The highest BCUT2D eigenvalue weighted by atomic mass is 127. The Morgan fingerprint density at radius 3 is 2.38 bits per heavy atom. The van der Waals surface area contributed by atoms with Gasteiger partial charge in [0.05, 0.1) is 0 Å². The number of hydrogen-bond acceptors (Lipinski definition) is 3. The van der Waals surface area contributed by atoms with Gasteiger partial charge in [-0.2, -0.15) is 0 Å². The molecule has 6 heteroatoms. The maximum absolute atomic E-state index is 5.83. The molecule has 0 radical (unpaired) electrons. The van der Waals surface area contributed by atoms with Gasteiger partial charge in [-0.25, -0.2) is 0 Å². The molecule has 5 nitrogen and oxygen atoms in total. The molecule has 0 saturated heterocycles. The number of hydrogen-bond donors (Lipinski definition) is 2. The van der Waals surface area contributed by atoms with Crippen LogP contribution in [0.3, 0.4) is 0 Å². The third kappa shape index (κ3) is 7.95. The molecular formula is C20H33IN4O. The highest BCUT2D eigenvalue weighted by Gasteiger charge is 2.11. The van der Waals surface area contributed by atoms with Crippen molar-refractivity contribution >= 4 is 29.9 Å². The molecule has 1 aliphatic carbocycles. The maximum Gasteiger partial charge on any atom is 0.191 e. The largest absolute Gasteiger partial charge is 0.492 e. The fourth-order valence-corrected chi connectivity index (χ4v) is 2.84. The summed E-state index contributed by atoms with van der Waals surface area (Å²) in [4.78, 5) is 6.65. The van der Waals surface area contributed by atoms with Crippen molar-refractivity contribution in [1.29, 1.82) is 0 Å². The van der Waals surface area contributed by atoms with Crippen LogP contribution in [-0.4, -0.2) is 50.2 Å². The van der Waals surface area contributed by atoms with E-state index in [-0.39, 0.29) is 24.0 Å². The van der Waals surface area contributed by atoms with Gasteiger partial charge >= 0.3 is 0 Å². The van der Waals surface area contributed by atoms with Crippen molar-refractivity contribution in [2.24, 2.45) is 4.99 Å². The molecule has 0 amide bonds. The van der Waals surface area contributed by atoms with Gasteiger partial charge in [0, 0.05) is 26.2 Å². The van der Waals surface area contributed by atoms with Crippen LogP contribution in [0.4, 0.5) is 0 Å². The van der Waals surface area contributed by atoms with Crippen molar-refractivity contribution in [3.8, 4) is 5.75 Å². The summed E-state index contributed by atoms with van der Waals surface area (Å²) in [6, 6.07) is 8.74. The lowest BCUT2D eigenvalue weighted by Crippen LogP contribution is -2.42. The zero-order valence-electron chi connectivity index (χ0n) is 16.2. The van der Waals surface area contributed by atoms with Crippen LogP contribution in [0, 0.1) is 0 Å². The Balaban J connectivity index is 0.00000338. The van der Waals surface area contributed by atoms with E-state index in [4.69, 9.17) is 4.74 Å². The minimum absolute atomic E-state index is 0. The number of ether oxygens (including phenoxy) is 1. The lowest BCUT2D eigenvalue weighted by molar-refractivity contribution is 0.223. The molecule has 0 spiro atoms. The molecule has 1 aliphatic rings. The van der Waals surface area contributed by atoms with Gasteiger partial charge in [0.15, 0.2) is 5.96 Å². The van der Waals surface area contributed by atoms with Gasteiger partial charge in [0.1, 0.15) is 12.4 Å². The van der Waals surface area contributed by atoms with E-state index in [1.165, 1.54) is 5.56 Å². The van der Waals surface area contributed by atoms with E-state index in [2.05, 4.69) is 58.7 Å². The Hall–Kier alpha value is -1.28. The average molecular weight is 472 g/mol. The van der Waals surface area contributed by atoms with Crippen LogP contribution in [0.15, 0.2) is 41.4 Å². The first kappa shape index (κ1) is 22.8. The minimum Gasteiger partial charge on any atom is -0.492 e. The van der Waals surface area contributed by atoms with Crippen molar-refractivity contribution < 1.29 is 4.74 Å². The van der Waals surface area contributed by atoms with Crippen LogP contribution < -0.4 is 15.4 Å². The van der Waals surface area contributed by atoms with E-state index in [9.17, 15) is 0 Å². The number of aliphatic imine (C=N–C) groups is 1. The first-order valence-corrected chi connectivity index (χ1v) is 9.31. The Morgan fingerprint density at radius 2 is 1.81 bits per heavy atom. The number of rotatable bonds is 9. The molecular weight excluding hydrogens is 439 g/mol. The molecule has 2 rings (SSSR count). The first-order chi connectivity index (χ1) is 12.2. The molecule has 0 aliphatic heterocycles. The molecule has 146 valence electrons. The van der Waals surface area contributed by atoms with E-state index >= 15 is 0 Å². The highest BCUT2D eigenvalue weighted by Crippen LogP contribution is 2.12. The fraction of sp³-hybridized carbons (Fsp3) is 0.550. The molecule has 2 N–H and O–H groups in total. The second kappa shape index (κ2) is 13.0. The Bertz CT molecular complexity index is 547. The topological polar surface area (TPSA) is 48.9 Å². The quantitative estimate of drug-likeness (QED) is 0.250. The van der Waals surface area contributed by atoms with Crippen LogP contribution >= 0.6 is 24.0 Å². The second-order valence-corrected chi connectivity index (χ2v) is 6.23. The summed E-state index contributed by atoms with van der Waals surface area (Å²) in [5, 5.41) is 6.81. The van der Waals surface area contributed by atoms with E-state index in [1.54, 1.807) is 0 Å². The molecule has 0 atom stereocenters. The number of nitrogens with one attached hydrogen (secondary N) is 2. The molecule has 0 saturated carbocycles. The molecule has 0 unspecified atom stereocenters. The third-order valence-corrected chi connectivity index (χ3v) is 4.53. The SMILES string of the molecule is CCN(CC)CCOc1ccc(CNC(=NC)NC2CC=CC2)cc1.I. The Morgan fingerprint density at radius 1 is 1.15 bits per heavy atom. The van der Waals surface area contributed by atoms with E-state index in [0.29, 0.717) is 6.04 Å². The van der Waals surface area contributed by atoms with Crippen molar-refractivity contribution in [3.63, 3.8) is 0 Å². The normalized spacial score (nSPS) is 14.4. The molecule has 1 aromatic rings. The lowest BCUT2D eigenvalue weighted by atomic mass is 10.2. The molecule has 0 bridgehead atoms. The van der Waals surface area contributed by atoms with Gasteiger partial charge in [-0.1, -0.05) is 38.1 Å². The maximum atomic E-state index is 5.83. The number of halogens is 1. The number of benzene rings is 1. The first-order valence-electron chi connectivity index (χ1n) is 9.31. The Kier molecular flexibility index (Phi) is 11.4. The van der Waals surface area contributed by atoms with Gasteiger partial charge in [-0.15, -0.1) is 24.0 Å². The predicted molar refractivity (Wildman–Crippen MR) is 121 cm³/mol. The fourth-order valence-electron chi connectivity index (χ4n) is 2.84. The minimum atomic E-state index is 0. The summed E-state index contributed by atoms with van der Waals surface area (Å²) in [5.41, 5.74) is 1.21. The number of nitrogens with zero attached hydrogens (tertiary/aromatic N) is 2. The van der Waals surface area contributed by atoms with Crippen LogP contribution in [0.2, 0.25) is 0 Å². The van der Waals surface area contributed by atoms with E-state index < -0.39 is 0 Å². The molecule has 0 fully saturated rings. The average Bonchev–Trinajstić information content (AvgIpc) is 3.16. The van der Waals surface area contributed by atoms with Crippen LogP contribution in [-0.2, 0) is 6.54 Å². The number of likely N-dealkylation sites (N-methyl/N-ethyl adjacent to an activating group) is 1. The van der Waals surface area contributed by atoms with Crippen LogP contribution in [0.5, 0.6) is 5.75 Å². The van der Waals surface area contributed by atoms with Crippen molar-refractivity contribution in [2.75, 3.05) is 33.3 Å². The van der Waals surface area contributed by atoms with Crippen molar-refractivity contribution in [1.82, 2.24) is 15.5 Å². The summed E-state index contributed by atoms with van der Waals surface area (Å²) in [6.45, 7) is 8.93. The third-order valence-electron chi connectivity index (χ3n) is 4.53. The summed E-state index contributed by atoms with van der Waals surface area (Å²) in [6.07, 6.45) is 6.56. The second-order valence-electron chi connectivity index (χ2n) is 6.23. The van der Waals surface area contributed by atoms with Gasteiger partial charge in [-0.3, -0.25) is 4.99 Å². The molecule has 1 aromatic carbocycles. The van der Waals surface area contributed by atoms with Gasteiger partial charge in [0.25, 0.3) is 0 Å². The summed E-state index contributed by atoms with van der Waals surface area (Å²) in [5.74, 6) is 1.78. The summed E-state index contributed by atoms with van der Waals surface area (Å²) >= 11 is 0. The molecule has 0 aromatic heterocycles. The highest BCUT2D eigenvalue weighted by molar-refractivity contribution is 14.0. The molecule has 26 heavy (non-hydrogen) atoms. The number of guanidine groups is 1. The van der Waals surface area contributed by atoms with Crippen LogP contribution in [0.1, 0.15) is 32.3 Å². The molecule has 0 heterocycles. The van der Waals surface area contributed by atoms with Crippen molar-refractivity contribution in [3.05, 3.63) is 42.0 Å². The zero-order chi connectivity index (χ0) is 17.9.